The molecule has 0 radical (unpaired) electrons. The number of hydrogen-bond acceptors (Lipinski definition) is 6. The summed E-state index contributed by atoms with van der Waals surface area (Å²) in [6.07, 6.45) is 4.01. The number of hydrogen-bond donors (Lipinski definition) is 1. The van der Waals surface area contributed by atoms with Crippen molar-refractivity contribution < 1.29 is 14.6 Å². The zero-order valence-corrected chi connectivity index (χ0v) is 11.2. The predicted octanol–water partition coefficient (Wildman–Crippen LogP) is 1.52. The van der Waals surface area contributed by atoms with Crippen molar-refractivity contribution in [1.82, 2.24) is 10.4 Å². The third-order valence-electron chi connectivity index (χ3n) is 3.80. The van der Waals surface area contributed by atoms with E-state index in [1.807, 2.05) is 0 Å². The van der Waals surface area contributed by atoms with E-state index >= 15 is 0 Å². The highest BCUT2D eigenvalue weighted by Crippen LogP contribution is 2.40. The van der Waals surface area contributed by atoms with Crippen molar-refractivity contribution in [3.8, 4) is 0 Å². The molecule has 1 fully saturated rings. The second kappa shape index (κ2) is 5.04. The lowest BCUT2D eigenvalue weighted by Gasteiger charge is -2.32. The summed E-state index contributed by atoms with van der Waals surface area (Å²) in [6.45, 7) is 0. The molecular weight excluding hydrogens is 276 g/mol. The van der Waals surface area contributed by atoms with Crippen LogP contribution in [0.5, 0.6) is 0 Å². The number of non-ortho nitro benzene ring substituents is 1. The van der Waals surface area contributed by atoms with E-state index in [-0.39, 0.29) is 5.69 Å². The lowest BCUT2D eigenvalue weighted by Crippen LogP contribution is -2.54. The van der Waals surface area contributed by atoms with Crippen LogP contribution < -0.4 is 5.43 Å². The van der Waals surface area contributed by atoms with Crippen molar-refractivity contribution in [2.75, 3.05) is 0 Å². The van der Waals surface area contributed by atoms with Crippen LogP contribution in [0.1, 0.15) is 31.2 Å². The van der Waals surface area contributed by atoms with E-state index in [1.165, 1.54) is 12.1 Å². The molecule has 110 valence electrons. The molecule has 8 nitrogen and oxygen atoms in total. The van der Waals surface area contributed by atoms with Gasteiger partial charge in [-0.25, -0.2) is 5.01 Å². The molecule has 21 heavy (non-hydrogen) atoms. The molecule has 0 unspecified atom stereocenters. The van der Waals surface area contributed by atoms with E-state index in [0.717, 1.165) is 25.7 Å². The van der Waals surface area contributed by atoms with Crippen LogP contribution in [0, 0.1) is 10.1 Å². The molecule has 0 bridgehead atoms. The van der Waals surface area contributed by atoms with E-state index in [0.29, 0.717) is 17.8 Å². The maximum Gasteiger partial charge on any atom is 0.270 e. The van der Waals surface area contributed by atoms with Crippen molar-refractivity contribution in [2.24, 2.45) is 5.16 Å². The molecule has 1 heterocycles. The number of carbonyl (C=O) groups is 1. The molecule has 2 aliphatic rings. The van der Waals surface area contributed by atoms with Crippen molar-refractivity contribution in [3.63, 3.8) is 0 Å². The summed E-state index contributed by atoms with van der Waals surface area (Å²) in [4.78, 5) is 26.8. The Bertz CT molecular complexity index is 610. The average Bonchev–Trinajstić information content (AvgIpc) is 3.09. The minimum Gasteiger partial charge on any atom is -0.363 e. The van der Waals surface area contributed by atoms with E-state index < -0.39 is 10.6 Å². The van der Waals surface area contributed by atoms with E-state index in [2.05, 4.69) is 10.6 Å². The molecule has 0 atom stereocenters. The fraction of sp³-hybridized carbons (Fsp3) is 0.385. The number of nitro groups is 1. The van der Waals surface area contributed by atoms with Gasteiger partial charge < -0.3 is 4.84 Å². The smallest absolute Gasteiger partial charge is 0.270 e. The zero-order valence-electron chi connectivity index (χ0n) is 11.2. The summed E-state index contributed by atoms with van der Waals surface area (Å²) in [7, 11) is 0. The number of amides is 1. The Kier molecular flexibility index (Phi) is 3.20. The number of carbonyl (C=O) groups excluding carboxylic acids is 1. The van der Waals surface area contributed by atoms with Crippen LogP contribution in [0.2, 0.25) is 0 Å². The van der Waals surface area contributed by atoms with Crippen molar-refractivity contribution in [3.05, 3.63) is 39.9 Å². The number of oxime groups is 1. The Labute approximate surface area is 120 Å². The van der Waals surface area contributed by atoms with Crippen LogP contribution in [0.4, 0.5) is 5.69 Å². The van der Waals surface area contributed by atoms with Crippen LogP contribution in [-0.2, 0) is 9.63 Å². The molecule has 1 aromatic rings. The second-order valence-corrected chi connectivity index (χ2v) is 5.05. The SMILES string of the molecule is O=CNN1C(c2cccc([N+](=O)[O-])c2)=NOC12CCCC2. The van der Waals surface area contributed by atoms with Gasteiger partial charge in [-0.1, -0.05) is 17.3 Å². The summed E-state index contributed by atoms with van der Waals surface area (Å²) in [5, 5.41) is 16.5. The molecule has 1 aliphatic carbocycles. The molecule has 1 amide bonds. The first kappa shape index (κ1) is 13.3. The molecule has 1 aromatic carbocycles. The van der Waals surface area contributed by atoms with Gasteiger partial charge in [-0.2, -0.15) is 0 Å². The summed E-state index contributed by atoms with van der Waals surface area (Å²) in [5.74, 6) is 0.382. The minimum atomic E-state index is -0.666. The Balaban J connectivity index is 1.95. The van der Waals surface area contributed by atoms with Gasteiger partial charge >= 0.3 is 0 Å². The molecule has 8 heteroatoms. The van der Waals surface area contributed by atoms with Crippen molar-refractivity contribution in [2.45, 2.75) is 31.4 Å². The van der Waals surface area contributed by atoms with Gasteiger partial charge in [0.05, 0.1) is 4.92 Å². The normalized spacial score (nSPS) is 19.2. The fourth-order valence-electron chi connectivity index (χ4n) is 2.82. The van der Waals surface area contributed by atoms with Gasteiger partial charge in [0.25, 0.3) is 5.69 Å². The molecule has 1 spiro atoms. The quantitative estimate of drug-likeness (QED) is 0.515. The van der Waals surface area contributed by atoms with Gasteiger partial charge in [-0.05, 0) is 12.8 Å². The standard InChI is InChI=1S/C13H14N4O4/c18-9-14-16-12(15-21-13(16)6-1-2-7-13)10-4-3-5-11(8-10)17(19)20/h3-5,8-9H,1-2,6-7H2,(H,14,18). The summed E-state index contributed by atoms with van der Waals surface area (Å²) in [6, 6.07) is 6.09. The summed E-state index contributed by atoms with van der Waals surface area (Å²) in [5.41, 5.74) is 2.43. The van der Waals surface area contributed by atoms with E-state index in [1.54, 1.807) is 17.1 Å². The molecule has 1 saturated carbocycles. The van der Waals surface area contributed by atoms with Gasteiger partial charge in [-0.3, -0.25) is 20.3 Å². The molecular formula is C13H14N4O4. The highest BCUT2D eigenvalue weighted by atomic mass is 16.7. The Hall–Kier alpha value is -2.64. The highest BCUT2D eigenvalue weighted by molar-refractivity contribution is 6.00. The highest BCUT2D eigenvalue weighted by Gasteiger charge is 2.49. The van der Waals surface area contributed by atoms with Crippen LogP contribution in [0.15, 0.2) is 29.4 Å². The topological polar surface area (TPSA) is 97.1 Å². The molecule has 1 N–H and O–H groups in total. The van der Waals surface area contributed by atoms with Gasteiger partial charge in [-0.15, -0.1) is 0 Å². The second-order valence-electron chi connectivity index (χ2n) is 5.05. The number of nitrogens with one attached hydrogen (secondary N) is 1. The van der Waals surface area contributed by atoms with Crippen LogP contribution >= 0.6 is 0 Å². The van der Waals surface area contributed by atoms with Crippen molar-refractivity contribution >= 4 is 17.9 Å². The Morgan fingerprint density at radius 3 is 2.86 bits per heavy atom. The monoisotopic (exact) mass is 290 g/mol. The lowest BCUT2D eigenvalue weighted by molar-refractivity contribution is -0.384. The first-order valence-corrected chi connectivity index (χ1v) is 6.67. The lowest BCUT2D eigenvalue weighted by atomic mass is 10.1. The predicted molar refractivity (Wildman–Crippen MR) is 73.0 cm³/mol. The molecule has 0 saturated heterocycles. The van der Waals surface area contributed by atoms with E-state index in [4.69, 9.17) is 4.84 Å². The summed E-state index contributed by atoms with van der Waals surface area (Å²) < 4.78 is 0. The number of amidine groups is 1. The Morgan fingerprint density at radius 2 is 2.19 bits per heavy atom. The first-order valence-electron chi connectivity index (χ1n) is 6.67. The molecule has 0 aromatic heterocycles. The maximum atomic E-state index is 10.9. The van der Waals surface area contributed by atoms with Gasteiger partial charge in [0.15, 0.2) is 5.84 Å². The number of nitro benzene ring substituents is 1. The van der Waals surface area contributed by atoms with E-state index in [9.17, 15) is 14.9 Å². The molecule has 3 rings (SSSR count). The first-order chi connectivity index (χ1) is 10.2. The van der Waals surface area contributed by atoms with Gasteiger partial charge in [0, 0.05) is 30.5 Å². The van der Waals surface area contributed by atoms with Crippen LogP contribution in [0.3, 0.4) is 0 Å². The number of benzene rings is 1. The Morgan fingerprint density at radius 1 is 1.43 bits per heavy atom. The zero-order chi connectivity index (χ0) is 14.9. The maximum absolute atomic E-state index is 10.9. The third-order valence-corrected chi connectivity index (χ3v) is 3.80. The van der Waals surface area contributed by atoms with Crippen molar-refractivity contribution in [1.29, 1.82) is 0 Å². The molecule has 1 aliphatic heterocycles. The average molecular weight is 290 g/mol. The van der Waals surface area contributed by atoms with Crippen LogP contribution in [0.25, 0.3) is 0 Å². The number of nitrogens with zero attached hydrogens (tertiary/aromatic N) is 3. The number of rotatable bonds is 4. The fourth-order valence-corrected chi connectivity index (χ4v) is 2.82. The van der Waals surface area contributed by atoms with Crippen LogP contribution in [-0.4, -0.2) is 27.9 Å². The summed E-state index contributed by atoms with van der Waals surface area (Å²) >= 11 is 0. The third kappa shape index (κ3) is 2.18. The number of hydrazine groups is 1. The van der Waals surface area contributed by atoms with Gasteiger partial charge in [0.1, 0.15) is 0 Å². The minimum absolute atomic E-state index is 0.0337. The largest absolute Gasteiger partial charge is 0.363 e. The van der Waals surface area contributed by atoms with Gasteiger partial charge in [0.2, 0.25) is 12.1 Å².